The van der Waals surface area contributed by atoms with Gasteiger partial charge in [-0.1, -0.05) is 6.07 Å². The van der Waals surface area contributed by atoms with Crippen molar-refractivity contribution >= 4 is 23.4 Å². The smallest absolute Gasteiger partial charge is 0.325 e. The Kier molecular flexibility index (Phi) is 3.82. The number of halogens is 3. The molecular formula is C18H17F3N2O3. The van der Waals surface area contributed by atoms with Gasteiger partial charge in [0, 0.05) is 5.69 Å². The average molecular weight is 366 g/mol. The van der Waals surface area contributed by atoms with Crippen molar-refractivity contribution in [1.29, 1.82) is 0 Å². The van der Waals surface area contributed by atoms with Gasteiger partial charge in [-0.2, -0.15) is 13.2 Å². The highest BCUT2D eigenvalue weighted by atomic mass is 19.4. The fourth-order valence-corrected chi connectivity index (χ4v) is 4.74. The van der Waals surface area contributed by atoms with Gasteiger partial charge in [-0.25, -0.2) is 0 Å². The molecule has 2 aliphatic carbocycles. The van der Waals surface area contributed by atoms with Crippen molar-refractivity contribution in [2.24, 2.45) is 23.7 Å². The third-order valence-corrected chi connectivity index (χ3v) is 5.79. The largest absolute Gasteiger partial charge is 0.416 e. The summed E-state index contributed by atoms with van der Waals surface area (Å²) in [6.07, 6.45) is -1.74. The van der Waals surface area contributed by atoms with Gasteiger partial charge in [-0.15, -0.1) is 0 Å². The molecule has 3 fully saturated rings. The van der Waals surface area contributed by atoms with Gasteiger partial charge >= 0.3 is 6.18 Å². The molecule has 26 heavy (non-hydrogen) atoms. The number of benzene rings is 1. The molecule has 3 aliphatic rings. The molecule has 1 aliphatic heterocycles. The molecule has 1 saturated heterocycles. The Morgan fingerprint density at radius 1 is 1.12 bits per heavy atom. The summed E-state index contributed by atoms with van der Waals surface area (Å²) in [6, 6.07) is 4.24. The van der Waals surface area contributed by atoms with E-state index in [0.717, 1.165) is 36.3 Å². The van der Waals surface area contributed by atoms with E-state index in [1.54, 1.807) is 0 Å². The number of carbonyl (C=O) groups excluding carboxylic acids is 3. The Hall–Kier alpha value is -2.38. The Balaban J connectivity index is 1.44. The number of imide groups is 1. The number of nitrogens with zero attached hydrogens (tertiary/aromatic N) is 1. The Morgan fingerprint density at radius 2 is 1.73 bits per heavy atom. The van der Waals surface area contributed by atoms with E-state index in [0.29, 0.717) is 0 Å². The zero-order chi connectivity index (χ0) is 18.6. The molecular weight excluding hydrogens is 349 g/mol. The number of anilines is 1. The predicted molar refractivity (Wildman–Crippen MR) is 84.6 cm³/mol. The van der Waals surface area contributed by atoms with Crippen molar-refractivity contribution in [1.82, 2.24) is 4.90 Å². The number of hydrogen-bond donors (Lipinski definition) is 1. The molecule has 138 valence electrons. The van der Waals surface area contributed by atoms with Crippen LogP contribution >= 0.6 is 0 Å². The number of hydrogen-bond acceptors (Lipinski definition) is 3. The minimum absolute atomic E-state index is 0.0239. The highest BCUT2D eigenvalue weighted by molar-refractivity contribution is 6.09. The normalized spacial score (nSPS) is 30.0. The molecule has 0 unspecified atom stereocenters. The quantitative estimate of drug-likeness (QED) is 0.837. The van der Waals surface area contributed by atoms with Crippen LogP contribution in [0.15, 0.2) is 24.3 Å². The molecule has 1 aromatic carbocycles. The molecule has 2 saturated carbocycles. The second kappa shape index (κ2) is 5.82. The second-order valence-corrected chi connectivity index (χ2v) is 7.27. The van der Waals surface area contributed by atoms with Gasteiger partial charge < -0.3 is 5.32 Å². The lowest BCUT2D eigenvalue weighted by Crippen LogP contribution is -2.39. The number of nitrogens with one attached hydrogen (secondary N) is 1. The maximum Gasteiger partial charge on any atom is 0.416 e. The van der Waals surface area contributed by atoms with E-state index in [2.05, 4.69) is 5.32 Å². The predicted octanol–water partition coefficient (Wildman–Crippen LogP) is 2.68. The molecule has 4 rings (SSSR count). The summed E-state index contributed by atoms with van der Waals surface area (Å²) in [7, 11) is 0. The molecule has 0 spiro atoms. The van der Waals surface area contributed by atoms with E-state index in [1.807, 2.05) is 0 Å². The van der Waals surface area contributed by atoms with E-state index < -0.39 is 24.2 Å². The van der Waals surface area contributed by atoms with Crippen LogP contribution in [0, 0.1) is 23.7 Å². The van der Waals surface area contributed by atoms with Gasteiger partial charge in [0.15, 0.2) is 0 Å². The fraction of sp³-hybridized carbons (Fsp3) is 0.500. The Labute approximate surface area is 147 Å². The molecule has 1 heterocycles. The van der Waals surface area contributed by atoms with E-state index in [1.165, 1.54) is 12.1 Å². The topological polar surface area (TPSA) is 66.5 Å². The minimum Gasteiger partial charge on any atom is -0.325 e. The number of rotatable bonds is 3. The molecule has 1 N–H and O–H groups in total. The van der Waals surface area contributed by atoms with Crippen molar-refractivity contribution in [2.45, 2.75) is 25.4 Å². The number of alkyl halides is 3. The molecule has 3 amide bonds. The lowest BCUT2D eigenvalue weighted by molar-refractivity contribution is -0.143. The van der Waals surface area contributed by atoms with Crippen LogP contribution in [0.25, 0.3) is 0 Å². The van der Waals surface area contributed by atoms with Gasteiger partial charge in [-0.3, -0.25) is 19.3 Å². The summed E-state index contributed by atoms with van der Waals surface area (Å²) >= 11 is 0. The molecule has 1 aromatic rings. The van der Waals surface area contributed by atoms with Crippen LogP contribution < -0.4 is 5.32 Å². The van der Waals surface area contributed by atoms with Crippen LogP contribution in [0.1, 0.15) is 24.8 Å². The summed E-state index contributed by atoms with van der Waals surface area (Å²) in [5, 5.41) is 2.34. The van der Waals surface area contributed by atoms with E-state index in [4.69, 9.17) is 0 Å². The van der Waals surface area contributed by atoms with Crippen LogP contribution in [0.5, 0.6) is 0 Å². The lowest BCUT2D eigenvalue weighted by Gasteiger charge is -2.19. The molecule has 8 heteroatoms. The van der Waals surface area contributed by atoms with Crippen molar-refractivity contribution in [2.75, 3.05) is 11.9 Å². The number of amides is 3. The van der Waals surface area contributed by atoms with E-state index >= 15 is 0 Å². The third kappa shape index (κ3) is 2.68. The standard InChI is InChI=1S/C18H17F3N2O3/c19-18(20,21)11-2-1-3-12(7-11)22-13(24)8-23-16(25)14-9-4-5-10(6-9)15(14)17(23)26/h1-3,7,9-10,14-15H,4-6,8H2,(H,22,24)/t9-,10-,14-,15+/m0/s1. The molecule has 0 aromatic heterocycles. The average Bonchev–Trinajstić information content (AvgIpc) is 3.24. The Morgan fingerprint density at radius 3 is 2.31 bits per heavy atom. The van der Waals surface area contributed by atoms with Crippen LogP contribution in [0.4, 0.5) is 18.9 Å². The SMILES string of the molecule is O=C(CN1C(=O)[C@@H]2[C@H]3CC[C@@H](C3)[C@@H]2C1=O)Nc1cccc(C(F)(F)F)c1. The van der Waals surface area contributed by atoms with Crippen LogP contribution in [0.2, 0.25) is 0 Å². The first-order chi connectivity index (χ1) is 12.3. The molecule has 2 bridgehead atoms. The van der Waals surface area contributed by atoms with Crippen LogP contribution in [-0.4, -0.2) is 29.2 Å². The summed E-state index contributed by atoms with van der Waals surface area (Å²) in [6.45, 7) is -0.458. The second-order valence-electron chi connectivity index (χ2n) is 7.27. The van der Waals surface area contributed by atoms with E-state index in [9.17, 15) is 27.6 Å². The van der Waals surface area contributed by atoms with Gasteiger partial charge in [-0.05, 0) is 49.3 Å². The summed E-state index contributed by atoms with van der Waals surface area (Å²) in [5.41, 5.74) is -0.904. The van der Waals surface area contributed by atoms with Crippen molar-refractivity contribution in [3.05, 3.63) is 29.8 Å². The summed E-state index contributed by atoms with van der Waals surface area (Å²) < 4.78 is 38.2. The van der Waals surface area contributed by atoms with Gasteiger partial charge in [0.25, 0.3) is 0 Å². The van der Waals surface area contributed by atoms with Crippen LogP contribution in [0.3, 0.4) is 0 Å². The van der Waals surface area contributed by atoms with Gasteiger partial charge in [0.1, 0.15) is 6.54 Å². The zero-order valence-corrected chi connectivity index (χ0v) is 13.8. The fourth-order valence-electron chi connectivity index (χ4n) is 4.74. The third-order valence-electron chi connectivity index (χ3n) is 5.79. The Bertz CT molecular complexity index is 764. The maximum absolute atomic E-state index is 12.7. The first-order valence-corrected chi connectivity index (χ1v) is 8.58. The van der Waals surface area contributed by atoms with Crippen molar-refractivity contribution in [3.8, 4) is 0 Å². The highest BCUT2D eigenvalue weighted by Crippen LogP contribution is 2.56. The van der Waals surface area contributed by atoms with Crippen molar-refractivity contribution in [3.63, 3.8) is 0 Å². The monoisotopic (exact) mass is 366 g/mol. The van der Waals surface area contributed by atoms with Gasteiger partial charge in [0.05, 0.1) is 17.4 Å². The highest BCUT2D eigenvalue weighted by Gasteiger charge is 2.60. The molecule has 5 nitrogen and oxygen atoms in total. The number of carbonyl (C=O) groups is 3. The number of likely N-dealkylation sites (tertiary alicyclic amines) is 1. The van der Waals surface area contributed by atoms with E-state index in [-0.39, 0.29) is 41.2 Å². The van der Waals surface area contributed by atoms with Crippen LogP contribution in [-0.2, 0) is 20.6 Å². The number of fused-ring (bicyclic) bond motifs is 5. The lowest BCUT2D eigenvalue weighted by atomic mass is 9.81. The first-order valence-electron chi connectivity index (χ1n) is 8.58. The zero-order valence-electron chi connectivity index (χ0n) is 13.8. The molecule has 0 radical (unpaired) electrons. The molecule has 4 atom stereocenters. The van der Waals surface area contributed by atoms with Crippen molar-refractivity contribution < 1.29 is 27.6 Å². The summed E-state index contributed by atoms with van der Waals surface area (Å²) in [4.78, 5) is 38.2. The van der Waals surface area contributed by atoms with Gasteiger partial charge in [0.2, 0.25) is 17.7 Å². The maximum atomic E-state index is 12.7. The minimum atomic E-state index is -4.52. The first kappa shape index (κ1) is 17.1. The summed E-state index contributed by atoms with van der Waals surface area (Å²) in [5.74, 6) is -1.50.